The highest BCUT2D eigenvalue weighted by Crippen LogP contribution is 2.35. The first-order chi connectivity index (χ1) is 14.2. The fourth-order valence-electron chi connectivity index (χ4n) is 3.23. The molecule has 0 saturated carbocycles. The van der Waals surface area contributed by atoms with Crippen LogP contribution in [0.15, 0.2) is 84.9 Å². The van der Waals surface area contributed by atoms with Crippen LogP contribution in [0.25, 0.3) is 11.1 Å². The Morgan fingerprint density at radius 3 is 1.90 bits per heavy atom. The molecule has 3 aromatic carbocycles. The summed E-state index contributed by atoms with van der Waals surface area (Å²) in [7, 11) is 0. The van der Waals surface area contributed by atoms with Crippen LogP contribution in [0.3, 0.4) is 0 Å². The minimum Gasteiger partial charge on any atom is -0.491 e. The van der Waals surface area contributed by atoms with Gasteiger partial charge in [0.1, 0.15) is 18.5 Å². The number of hydrogen-bond donors (Lipinski definition) is 2. The van der Waals surface area contributed by atoms with Gasteiger partial charge in [-0.2, -0.15) is 0 Å². The van der Waals surface area contributed by atoms with Crippen molar-refractivity contribution < 1.29 is 14.9 Å². The number of hydrogen-bond acceptors (Lipinski definition) is 3. The van der Waals surface area contributed by atoms with Crippen molar-refractivity contribution in [2.45, 2.75) is 12.5 Å². The molecule has 1 unspecified atom stereocenters. The summed E-state index contributed by atoms with van der Waals surface area (Å²) in [5, 5.41) is 18.4. The normalized spacial score (nSPS) is 12.9. The number of benzene rings is 3. The lowest BCUT2D eigenvalue weighted by Crippen LogP contribution is -2.21. The molecule has 0 saturated heterocycles. The Bertz CT molecular complexity index is 906. The average Bonchev–Trinajstić information content (AvgIpc) is 2.79. The Morgan fingerprint density at radius 2 is 1.34 bits per heavy atom. The second-order valence-corrected chi connectivity index (χ2v) is 7.07. The third-order valence-corrected chi connectivity index (χ3v) is 4.82. The summed E-state index contributed by atoms with van der Waals surface area (Å²) in [6.45, 7) is -0.267. The van der Waals surface area contributed by atoms with Gasteiger partial charge < -0.3 is 14.9 Å². The molecule has 3 rings (SSSR count). The summed E-state index contributed by atoms with van der Waals surface area (Å²) in [4.78, 5) is 0. The van der Waals surface area contributed by atoms with Gasteiger partial charge in [0.05, 0.1) is 6.61 Å². The zero-order valence-corrected chi connectivity index (χ0v) is 16.9. The van der Waals surface area contributed by atoms with Crippen molar-refractivity contribution in [2.75, 3.05) is 19.1 Å². The number of aliphatic hydroxyl groups is 2. The molecule has 0 radical (unpaired) electrons. The molecule has 0 fully saturated rings. The van der Waals surface area contributed by atoms with Gasteiger partial charge in [0.15, 0.2) is 0 Å². The first-order valence-electron chi connectivity index (χ1n) is 9.65. The van der Waals surface area contributed by atoms with E-state index in [1.54, 1.807) is 0 Å². The van der Waals surface area contributed by atoms with E-state index in [0.29, 0.717) is 11.6 Å². The van der Waals surface area contributed by atoms with Gasteiger partial charge in [-0.15, -0.1) is 11.6 Å². The molecule has 0 amide bonds. The summed E-state index contributed by atoms with van der Waals surface area (Å²) in [5.41, 5.74) is 5.67. The molecule has 0 heterocycles. The zero-order chi connectivity index (χ0) is 20.5. The topological polar surface area (TPSA) is 49.7 Å². The van der Waals surface area contributed by atoms with Crippen LogP contribution in [0.2, 0.25) is 0 Å². The fraction of sp³-hybridized carbons (Fsp3) is 0.200. The largest absolute Gasteiger partial charge is 0.491 e. The van der Waals surface area contributed by atoms with E-state index in [-0.39, 0.29) is 13.2 Å². The summed E-state index contributed by atoms with van der Waals surface area (Å²) in [6, 6.07) is 28.4. The van der Waals surface area contributed by atoms with Crippen LogP contribution in [-0.2, 0) is 0 Å². The SMILES string of the molecule is OCC(O)COc1ccc(/C(=C(/CCCl)c2ccccc2)c2ccccc2)cc1. The van der Waals surface area contributed by atoms with Crippen molar-refractivity contribution in [1.82, 2.24) is 0 Å². The van der Waals surface area contributed by atoms with Gasteiger partial charge in [0, 0.05) is 5.88 Å². The van der Waals surface area contributed by atoms with Gasteiger partial charge in [-0.25, -0.2) is 0 Å². The Morgan fingerprint density at radius 1 is 0.793 bits per heavy atom. The summed E-state index contributed by atoms with van der Waals surface area (Å²) < 4.78 is 5.54. The average molecular weight is 409 g/mol. The van der Waals surface area contributed by atoms with Crippen LogP contribution in [0.1, 0.15) is 23.1 Å². The maximum absolute atomic E-state index is 9.47. The van der Waals surface area contributed by atoms with Crippen molar-refractivity contribution >= 4 is 22.7 Å². The second kappa shape index (κ2) is 10.8. The predicted molar refractivity (Wildman–Crippen MR) is 119 cm³/mol. The number of rotatable bonds is 9. The zero-order valence-electron chi connectivity index (χ0n) is 16.2. The third kappa shape index (κ3) is 5.70. The van der Waals surface area contributed by atoms with Crippen molar-refractivity contribution in [2.24, 2.45) is 0 Å². The monoisotopic (exact) mass is 408 g/mol. The molecule has 29 heavy (non-hydrogen) atoms. The number of allylic oxidation sites excluding steroid dienone is 1. The standard InChI is InChI=1S/C25H25ClO3/c26-16-15-24(19-7-3-1-4-8-19)25(20-9-5-2-6-10-20)21-11-13-23(14-12-21)29-18-22(28)17-27/h1-14,22,27-28H,15-18H2/b25-24-. The Labute approximate surface area is 176 Å². The Balaban J connectivity index is 2.04. The highest BCUT2D eigenvalue weighted by Gasteiger charge is 2.14. The van der Waals surface area contributed by atoms with E-state index in [1.165, 1.54) is 5.57 Å². The predicted octanol–water partition coefficient (Wildman–Crippen LogP) is 5.01. The lowest BCUT2D eigenvalue weighted by molar-refractivity contribution is 0.0536. The van der Waals surface area contributed by atoms with Crippen LogP contribution in [0, 0.1) is 0 Å². The van der Waals surface area contributed by atoms with Gasteiger partial charge in [-0.1, -0.05) is 72.8 Å². The molecule has 0 aromatic heterocycles. The minimum absolute atomic E-state index is 0.0543. The molecule has 0 aliphatic heterocycles. The molecule has 2 N–H and O–H groups in total. The van der Waals surface area contributed by atoms with E-state index < -0.39 is 6.10 Å². The maximum atomic E-state index is 9.47. The molecule has 0 spiro atoms. The van der Waals surface area contributed by atoms with Gasteiger partial charge in [0.25, 0.3) is 0 Å². The van der Waals surface area contributed by atoms with Crippen molar-refractivity contribution in [3.8, 4) is 5.75 Å². The summed E-state index contributed by atoms with van der Waals surface area (Å²) in [5.74, 6) is 1.17. The lowest BCUT2D eigenvalue weighted by atomic mass is 9.88. The Hall–Kier alpha value is -2.59. The van der Waals surface area contributed by atoms with Gasteiger partial charge in [0.2, 0.25) is 0 Å². The second-order valence-electron chi connectivity index (χ2n) is 6.70. The molecule has 0 aliphatic rings. The van der Waals surface area contributed by atoms with Crippen molar-refractivity contribution in [3.05, 3.63) is 102 Å². The summed E-state index contributed by atoms with van der Waals surface area (Å²) >= 11 is 6.18. The fourth-order valence-corrected chi connectivity index (χ4v) is 3.42. The number of ether oxygens (including phenoxy) is 1. The Kier molecular flexibility index (Phi) is 7.88. The van der Waals surface area contributed by atoms with E-state index >= 15 is 0 Å². The lowest BCUT2D eigenvalue weighted by Gasteiger charge is -2.17. The van der Waals surface area contributed by atoms with Crippen LogP contribution < -0.4 is 4.74 Å². The number of halogens is 1. The molecular formula is C25H25ClO3. The first kappa shape index (κ1) is 21.1. The minimum atomic E-state index is -0.886. The van der Waals surface area contributed by atoms with Crippen molar-refractivity contribution in [3.63, 3.8) is 0 Å². The molecule has 0 aliphatic carbocycles. The molecule has 0 bridgehead atoms. The highest BCUT2D eigenvalue weighted by molar-refractivity contribution is 6.18. The van der Waals surface area contributed by atoms with Gasteiger partial charge >= 0.3 is 0 Å². The molecule has 150 valence electrons. The smallest absolute Gasteiger partial charge is 0.119 e. The van der Waals surface area contributed by atoms with Gasteiger partial charge in [-0.3, -0.25) is 0 Å². The molecular weight excluding hydrogens is 384 g/mol. The van der Waals surface area contributed by atoms with Crippen LogP contribution >= 0.6 is 11.6 Å². The van der Waals surface area contributed by atoms with E-state index in [4.69, 9.17) is 21.4 Å². The summed E-state index contributed by atoms with van der Waals surface area (Å²) in [6.07, 6.45) is -0.139. The van der Waals surface area contributed by atoms with Gasteiger partial charge in [-0.05, 0) is 46.4 Å². The van der Waals surface area contributed by atoms with Crippen LogP contribution in [-0.4, -0.2) is 35.4 Å². The quantitative estimate of drug-likeness (QED) is 0.386. The molecule has 3 aromatic rings. The van der Waals surface area contributed by atoms with E-state index in [1.807, 2.05) is 60.7 Å². The molecule has 4 heteroatoms. The third-order valence-electron chi connectivity index (χ3n) is 4.63. The van der Waals surface area contributed by atoms with Crippen LogP contribution in [0.4, 0.5) is 0 Å². The van der Waals surface area contributed by atoms with E-state index in [0.717, 1.165) is 28.7 Å². The maximum Gasteiger partial charge on any atom is 0.119 e. The molecule has 3 nitrogen and oxygen atoms in total. The number of alkyl halides is 1. The van der Waals surface area contributed by atoms with E-state index in [9.17, 15) is 5.11 Å². The van der Waals surface area contributed by atoms with E-state index in [2.05, 4.69) is 24.3 Å². The first-order valence-corrected chi connectivity index (χ1v) is 10.2. The van der Waals surface area contributed by atoms with Crippen molar-refractivity contribution in [1.29, 1.82) is 0 Å². The number of aliphatic hydroxyl groups excluding tert-OH is 2. The highest BCUT2D eigenvalue weighted by atomic mass is 35.5. The van der Waals surface area contributed by atoms with Crippen LogP contribution in [0.5, 0.6) is 5.75 Å². The molecule has 1 atom stereocenters.